The summed E-state index contributed by atoms with van der Waals surface area (Å²) in [4.78, 5) is 14.3. The number of benzene rings is 1. The van der Waals surface area contributed by atoms with E-state index in [0.717, 1.165) is 36.8 Å². The highest BCUT2D eigenvalue weighted by atomic mass is 79.9. The first-order valence-corrected chi connectivity index (χ1v) is 9.72. The van der Waals surface area contributed by atoms with Crippen molar-refractivity contribution in [3.05, 3.63) is 28.7 Å². The Hall–Kier alpha value is -0.920. The predicted molar refractivity (Wildman–Crippen MR) is 89.0 cm³/mol. The van der Waals surface area contributed by atoms with Crippen LogP contribution in [0.15, 0.2) is 33.6 Å². The van der Waals surface area contributed by atoms with Crippen molar-refractivity contribution < 1.29 is 13.2 Å². The monoisotopic (exact) mass is 388 g/mol. The summed E-state index contributed by atoms with van der Waals surface area (Å²) in [7, 11) is -3.64. The lowest BCUT2D eigenvalue weighted by Crippen LogP contribution is -2.44. The van der Waals surface area contributed by atoms with E-state index in [2.05, 4.69) is 15.9 Å². The van der Waals surface area contributed by atoms with Crippen LogP contribution in [0, 0.1) is 0 Å². The lowest BCUT2D eigenvalue weighted by molar-refractivity contribution is -0.132. The number of hydrogen-bond acceptors (Lipinski definition) is 3. The molecule has 1 aromatic carbocycles. The Morgan fingerprint density at radius 2 is 1.77 bits per heavy atom. The molecule has 1 aliphatic heterocycles. The van der Waals surface area contributed by atoms with Crippen LogP contribution >= 0.6 is 15.9 Å². The number of sulfonamides is 1. The van der Waals surface area contributed by atoms with Crippen molar-refractivity contribution in [3.63, 3.8) is 0 Å². The number of carbonyl (C=O) groups excluding carboxylic acids is 1. The molecule has 1 amide bonds. The Kier molecular flexibility index (Phi) is 6.00. The van der Waals surface area contributed by atoms with Crippen LogP contribution in [0.5, 0.6) is 0 Å². The maximum Gasteiger partial charge on any atom is 0.243 e. The Morgan fingerprint density at radius 3 is 2.32 bits per heavy atom. The predicted octanol–water partition coefficient (Wildman–Crippen LogP) is 2.47. The molecule has 0 spiro atoms. The van der Waals surface area contributed by atoms with Crippen molar-refractivity contribution >= 4 is 31.9 Å². The van der Waals surface area contributed by atoms with Crippen molar-refractivity contribution in [2.75, 3.05) is 26.2 Å². The van der Waals surface area contributed by atoms with Gasteiger partial charge in [0.1, 0.15) is 0 Å². The van der Waals surface area contributed by atoms with E-state index in [1.807, 2.05) is 0 Å². The summed E-state index contributed by atoms with van der Waals surface area (Å²) in [5.74, 6) is -0.109. The van der Waals surface area contributed by atoms with Gasteiger partial charge in [0.05, 0.1) is 11.4 Å². The van der Waals surface area contributed by atoms with Gasteiger partial charge in [0.15, 0.2) is 0 Å². The molecular formula is C15H21BrN2O3S. The molecule has 0 aromatic heterocycles. The Morgan fingerprint density at radius 1 is 1.18 bits per heavy atom. The summed E-state index contributed by atoms with van der Waals surface area (Å²) in [6, 6.07) is 6.47. The Labute approximate surface area is 140 Å². The van der Waals surface area contributed by atoms with E-state index >= 15 is 0 Å². The van der Waals surface area contributed by atoms with Gasteiger partial charge >= 0.3 is 0 Å². The number of carbonyl (C=O) groups is 1. The SMILES string of the molecule is CCN(CC(=O)N1CCCCC1)S(=O)(=O)c1ccc(Br)cc1. The standard InChI is InChI=1S/C15H21BrN2O3S/c1-2-18(12-15(19)17-10-4-3-5-11-17)22(20,21)14-8-6-13(16)7-9-14/h6-9H,2-5,10-12H2,1H3. The average Bonchev–Trinajstić information content (AvgIpc) is 2.53. The van der Waals surface area contributed by atoms with Gasteiger partial charge < -0.3 is 4.90 Å². The van der Waals surface area contributed by atoms with E-state index in [4.69, 9.17) is 0 Å². The molecule has 1 heterocycles. The van der Waals surface area contributed by atoms with Crippen LogP contribution in [0.25, 0.3) is 0 Å². The number of rotatable bonds is 5. The van der Waals surface area contributed by atoms with Gasteiger partial charge in [-0.3, -0.25) is 4.79 Å². The van der Waals surface area contributed by atoms with Crippen molar-refractivity contribution in [2.45, 2.75) is 31.1 Å². The van der Waals surface area contributed by atoms with Gasteiger partial charge in [-0.25, -0.2) is 8.42 Å². The first kappa shape index (κ1) is 17.4. The quantitative estimate of drug-likeness (QED) is 0.778. The molecule has 122 valence electrons. The van der Waals surface area contributed by atoms with Crippen LogP contribution in [-0.4, -0.2) is 49.7 Å². The summed E-state index contributed by atoms with van der Waals surface area (Å²) in [6.07, 6.45) is 3.13. The highest BCUT2D eigenvalue weighted by molar-refractivity contribution is 9.10. The Bertz CT molecular complexity index is 610. The zero-order chi connectivity index (χ0) is 16.2. The minimum atomic E-state index is -3.64. The molecule has 7 heteroatoms. The molecule has 0 saturated carbocycles. The van der Waals surface area contributed by atoms with E-state index in [9.17, 15) is 13.2 Å². The molecule has 5 nitrogen and oxygen atoms in total. The number of halogens is 1. The van der Waals surface area contributed by atoms with Gasteiger partial charge in [0, 0.05) is 24.1 Å². The molecule has 1 fully saturated rings. The third kappa shape index (κ3) is 4.08. The number of likely N-dealkylation sites (N-methyl/N-ethyl adjacent to an activating group) is 1. The first-order valence-electron chi connectivity index (χ1n) is 7.48. The second kappa shape index (κ2) is 7.57. The lowest BCUT2D eigenvalue weighted by Gasteiger charge is -2.29. The van der Waals surface area contributed by atoms with Gasteiger partial charge in [-0.05, 0) is 43.5 Å². The highest BCUT2D eigenvalue weighted by Crippen LogP contribution is 2.19. The van der Waals surface area contributed by atoms with E-state index in [-0.39, 0.29) is 23.9 Å². The number of hydrogen-bond donors (Lipinski definition) is 0. The first-order chi connectivity index (χ1) is 10.4. The summed E-state index contributed by atoms with van der Waals surface area (Å²) in [5, 5.41) is 0. The van der Waals surface area contributed by atoms with Crippen molar-refractivity contribution in [1.82, 2.24) is 9.21 Å². The average molecular weight is 389 g/mol. The van der Waals surface area contributed by atoms with E-state index in [1.165, 1.54) is 4.31 Å². The molecule has 0 unspecified atom stereocenters. The molecule has 0 bridgehead atoms. The fourth-order valence-corrected chi connectivity index (χ4v) is 4.18. The zero-order valence-corrected chi connectivity index (χ0v) is 15.1. The van der Waals surface area contributed by atoms with E-state index in [1.54, 1.807) is 36.1 Å². The highest BCUT2D eigenvalue weighted by Gasteiger charge is 2.27. The number of amides is 1. The van der Waals surface area contributed by atoms with E-state index in [0.29, 0.717) is 0 Å². The van der Waals surface area contributed by atoms with Crippen LogP contribution in [-0.2, 0) is 14.8 Å². The lowest BCUT2D eigenvalue weighted by atomic mass is 10.1. The number of piperidine rings is 1. The molecule has 1 aromatic rings. The summed E-state index contributed by atoms with van der Waals surface area (Å²) >= 11 is 3.29. The van der Waals surface area contributed by atoms with Crippen LogP contribution in [0.3, 0.4) is 0 Å². The summed E-state index contributed by atoms with van der Waals surface area (Å²) in [6.45, 7) is 3.40. The van der Waals surface area contributed by atoms with Crippen molar-refractivity contribution in [1.29, 1.82) is 0 Å². The number of likely N-dealkylation sites (tertiary alicyclic amines) is 1. The third-order valence-corrected chi connectivity index (χ3v) is 6.29. The van der Waals surface area contributed by atoms with Crippen LogP contribution in [0.2, 0.25) is 0 Å². The van der Waals surface area contributed by atoms with Crippen molar-refractivity contribution in [2.24, 2.45) is 0 Å². The molecular weight excluding hydrogens is 368 g/mol. The summed E-state index contributed by atoms with van der Waals surface area (Å²) in [5.41, 5.74) is 0. The normalized spacial score (nSPS) is 16.0. The molecule has 0 radical (unpaired) electrons. The summed E-state index contributed by atoms with van der Waals surface area (Å²) < 4.78 is 27.3. The Balaban J connectivity index is 2.12. The zero-order valence-electron chi connectivity index (χ0n) is 12.7. The molecule has 0 aliphatic carbocycles. The molecule has 1 aliphatic rings. The minimum Gasteiger partial charge on any atom is -0.342 e. The van der Waals surface area contributed by atoms with Gasteiger partial charge in [-0.2, -0.15) is 4.31 Å². The third-order valence-electron chi connectivity index (χ3n) is 3.82. The minimum absolute atomic E-state index is 0.0884. The van der Waals surface area contributed by atoms with Crippen LogP contribution < -0.4 is 0 Å². The van der Waals surface area contributed by atoms with Gasteiger partial charge in [0.2, 0.25) is 15.9 Å². The van der Waals surface area contributed by atoms with Gasteiger partial charge in [0.25, 0.3) is 0 Å². The molecule has 2 rings (SSSR count). The maximum absolute atomic E-state index is 12.6. The fraction of sp³-hybridized carbons (Fsp3) is 0.533. The topological polar surface area (TPSA) is 57.7 Å². The molecule has 0 atom stereocenters. The van der Waals surface area contributed by atoms with Crippen LogP contribution in [0.1, 0.15) is 26.2 Å². The fourth-order valence-electron chi connectivity index (χ4n) is 2.52. The maximum atomic E-state index is 12.6. The smallest absolute Gasteiger partial charge is 0.243 e. The van der Waals surface area contributed by atoms with Gasteiger partial charge in [-0.1, -0.05) is 22.9 Å². The largest absolute Gasteiger partial charge is 0.342 e. The second-order valence-corrected chi connectivity index (χ2v) is 8.18. The number of nitrogens with zero attached hydrogens (tertiary/aromatic N) is 2. The second-order valence-electron chi connectivity index (χ2n) is 5.33. The van der Waals surface area contributed by atoms with Gasteiger partial charge in [-0.15, -0.1) is 0 Å². The molecule has 0 N–H and O–H groups in total. The molecule has 1 saturated heterocycles. The van der Waals surface area contributed by atoms with Crippen molar-refractivity contribution in [3.8, 4) is 0 Å². The molecule has 22 heavy (non-hydrogen) atoms. The van der Waals surface area contributed by atoms with Crippen LogP contribution in [0.4, 0.5) is 0 Å². The van der Waals surface area contributed by atoms with E-state index < -0.39 is 10.0 Å².